The Morgan fingerprint density at radius 2 is 2.29 bits per heavy atom. The molecule has 0 amide bonds. The topological polar surface area (TPSA) is 93.2 Å². The molecule has 0 aromatic heterocycles. The molecule has 0 aliphatic heterocycles. The molecule has 6 nitrogen and oxygen atoms in total. The second kappa shape index (κ2) is 5.27. The number of carbonyl (C=O) groups is 1. The fourth-order valence-corrected chi connectivity index (χ4v) is 1.47. The number of benzene rings is 1. The SMILES string of the molecule is COC(=O)C(C#N)c1cc(Cl)ccc1[N+](=O)[O-]. The number of nitriles is 1. The van der Waals surface area contributed by atoms with Gasteiger partial charge in [0.15, 0.2) is 5.92 Å². The summed E-state index contributed by atoms with van der Waals surface area (Å²) in [5.41, 5.74) is -0.414. The van der Waals surface area contributed by atoms with Crippen molar-refractivity contribution in [1.82, 2.24) is 0 Å². The average Bonchev–Trinajstić information content (AvgIpc) is 2.29. The molecule has 17 heavy (non-hydrogen) atoms. The van der Waals surface area contributed by atoms with Crippen molar-refractivity contribution in [1.29, 1.82) is 5.26 Å². The predicted molar refractivity (Wildman–Crippen MR) is 58.5 cm³/mol. The van der Waals surface area contributed by atoms with Gasteiger partial charge in [0, 0.05) is 11.1 Å². The summed E-state index contributed by atoms with van der Waals surface area (Å²) in [6, 6.07) is 5.32. The molecular weight excluding hydrogens is 248 g/mol. The molecule has 0 spiro atoms. The molecule has 0 aliphatic rings. The summed E-state index contributed by atoms with van der Waals surface area (Å²) in [6.45, 7) is 0. The van der Waals surface area contributed by atoms with Gasteiger partial charge in [-0.25, -0.2) is 0 Å². The van der Waals surface area contributed by atoms with E-state index in [1.807, 2.05) is 0 Å². The largest absolute Gasteiger partial charge is 0.468 e. The maximum absolute atomic E-state index is 11.3. The van der Waals surface area contributed by atoms with E-state index in [0.717, 1.165) is 13.2 Å². The van der Waals surface area contributed by atoms with E-state index >= 15 is 0 Å². The molecule has 0 N–H and O–H groups in total. The molecule has 1 aromatic carbocycles. The van der Waals surface area contributed by atoms with E-state index in [1.165, 1.54) is 12.1 Å². The van der Waals surface area contributed by atoms with Crippen LogP contribution in [0, 0.1) is 21.4 Å². The molecule has 1 rings (SSSR count). The van der Waals surface area contributed by atoms with Crippen LogP contribution in [0.4, 0.5) is 5.69 Å². The molecule has 0 saturated heterocycles. The first-order valence-corrected chi connectivity index (χ1v) is 4.80. The molecule has 1 unspecified atom stereocenters. The number of halogens is 1. The maximum atomic E-state index is 11.3. The van der Waals surface area contributed by atoms with Crippen molar-refractivity contribution in [3.8, 4) is 6.07 Å². The zero-order valence-corrected chi connectivity index (χ0v) is 9.47. The van der Waals surface area contributed by atoms with Crippen molar-refractivity contribution in [3.05, 3.63) is 38.9 Å². The minimum Gasteiger partial charge on any atom is -0.468 e. The lowest BCUT2D eigenvalue weighted by atomic mass is 9.99. The van der Waals surface area contributed by atoms with Gasteiger partial charge in [-0.15, -0.1) is 0 Å². The Bertz CT molecular complexity index is 510. The number of hydrogen-bond acceptors (Lipinski definition) is 5. The van der Waals surface area contributed by atoms with Gasteiger partial charge in [0.25, 0.3) is 5.69 Å². The van der Waals surface area contributed by atoms with Gasteiger partial charge in [0.2, 0.25) is 0 Å². The van der Waals surface area contributed by atoms with Gasteiger partial charge in [-0.05, 0) is 12.1 Å². The van der Waals surface area contributed by atoms with Crippen molar-refractivity contribution in [2.75, 3.05) is 7.11 Å². The van der Waals surface area contributed by atoms with E-state index in [0.29, 0.717) is 0 Å². The van der Waals surface area contributed by atoms with E-state index in [9.17, 15) is 14.9 Å². The molecule has 1 aromatic rings. The highest BCUT2D eigenvalue weighted by Crippen LogP contribution is 2.29. The number of esters is 1. The molecule has 1 atom stereocenters. The third-order valence-electron chi connectivity index (χ3n) is 2.06. The third kappa shape index (κ3) is 2.71. The maximum Gasteiger partial charge on any atom is 0.327 e. The van der Waals surface area contributed by atoms with E-state index in [4.69, 9.17) is 16.9 Å². The van der Waals surface area contributed by atoms with Gasteiger partial charge < -0.3 is 4.74 Å². The van der Waals surface area contributed by atoms with E-state index in [1.54, 1.807) is 6.07 Å². The lowest BCUT2D eigenvalue weighted by Crippen LogP contribution is -2.14. The van der Waals surface area contributed by atoms with Gasteiger partial charge in [-0.1, -0.05) is 11.6 Å². The van der Waals surface area contributed by atoms with Crippen molar-refractivity contribution in [2.24, 2.45) is 0 Å². The molecule has 0 saturated carbocycles. The summed E-state index contributed by atoms with van der Waals surface area (Å²) >= 11 is 5.69. The third-order valence-corrected chi connectivity index (χ3v) is 2.30. The Labute approximate surface area is 102 Å². The number of ether oxygens (including phenoxy) is 1. The summed E-state index contributed by atoms with van der Waals surface area (Å²) in [4.78, 5) is 21.4. The first-order valence-electron chi connectivity index (χ1n) is 4.42. The summed E-state index contributed by atoms with van der Waals surface area (Å²) in [6.07, 6.45) is 0. The summed E-state index contributed by atoms with van der Waals surface area (Å²) < 4.78 is 4.41. The Hall–Kier alpha value is -2.13. The van der Waals surface area contributed by atoms with Crippen molar-refractivity contribution in [2.45, 2.75) is 5.92 Å². The molecule has 0 bridgehead atoms. The fraction of sp³-hybridized carbons (Fsp3) is 0.200. The molecule has 0 heterocycles. The van der Waals surface area contributed by atoms with Crippen LogP contribution in [-0.2, 0) is 9.53 Å². The number of rotatable bonds is 3. The molecular formula is C10H7ClN2O4. The van der Waals surface area contributed by atoms with Crippen LogP contribution >= 0.6 is 11.6 Å². The first kappa shape index (κ1) is 12.9. The Morgan fingerprint density at radius 3 is 2.76 bits per heavy atom. The van der Waals surface area contributed by atoms with Crippen LogP contribution in [0.3, 0.4) is 0 Å². The number of methoxy groups -OCH3 is 1. The molecule has 7 heteroatoms. The van der Waals surface area contributed by atoms with Gasteiger partial charge in [-0.3, -0.25) is 14.9 Å². The molecule has 0 aliphatic carbocycles. The van der Waals surface area contributed by atoms with Gasteiger partial charge >= 0.3 is 5.97 Å². The Balaban J connectivity index is 3.37. The minimum absolute atomic E-state index is 0.0724. The van der Waals surface area contributed by atoms with Crippen LogP contribution in [0.1, 0.15) is 11.5 Å². The van der Waals surface area contributed by atoms with Crippen molar-refractivity contribution < 1.29 is 14.5 Å². The van der Waals surface area contributed by atoms with Crippen LogP contribution in [0.15, 0.2) is 18.2 Å². The monoisotopic (exact) mass is 254 g/mol. The number of carbonyl (C=O) groups excluding carboxylic acids is 1. The second-order valence-corrected chi connectivity index (χ2v) is 3.48. The van der Waals surface area contributed by atoms with Gasteiger partial charge in [-0.2, -0.15) is 5.26 Å². The fourth-order valence-electron chi connectivity index (χ4n) is 1.29. The number of nitrogens with zero attached hydrogens (tertiary/aromatic N) is 2. The van der Waals surface area contributed by atoms with Crippen LogP contribution < -0.4 is 0 Å². The smallest absolute Gasteiger partial charge is 0.327 e. The van der Waals surface area contributed by atoms with E-state index < -0.39 is 16.8 Å². The normalized spacial score (nSPS) is 11.4. The molecule has 88 valence electrons. The number of nitro benzene ring substituents is 1. The Morgan fingerprint density at radius 1 is 1.65 bits per heavy atom. The molecule has 0 radical (unpaired) electrons. The zero-order valence-electron chi connectivity index (χ0n) is 8.71. The number of hydrogen-bond donors (Lipinski definition) is 0. The highest BCUT2D eigenvalue weighted by molar-refractivity contribution is 6.30. The Kier molecular flexibility index (Phi) is 4.01. The van der Waals surface area contributed by atoms with E-state index in [-0.39, 0.29) is 16.3 Å². The van der Waals surface area contributed by atoms with Crippen LogP contribution in [0.25, 0.3) is 0 Å². The van der Waals surface area contributed by atoms with E-state index in [2.05, 4.69) is 4.74 Å². The predicted octanol–water partition coefficient (Wildman–Crippen LogP) is 2.03. The summed E-state index contributed by atoms with van der Waals surface area (Å²) in [5, 5.41) is 19.8. The number of nitro groups is 1. The first-order chi connectivity index (χ1) is 8.01. The lowest BCUT2D eigenvalue weighted by Gasteiger charge is -2.07. The summed E-state index contributed by atoms with van der Waals surface area (Å²) in [7, 11) is 1.10. The summed E-state index contributed by atoms with van der Waals surface area (Å²) in [5.74, 6) is -2.23. The standard InChI is InChI=1S/C10H7ClN2O4/c1-17-10(14)8(5-12)7-4-6(11)2-3-9(7)13(15)16/h2-4,8H,1H3. The van der Waals surface area contributed by atoms with Gasteiger partial charge in [0.05, 0.1) is 23.7 Å². The van der Waals surface area contributed by atoms with Crippen LogP contribution in [-0.4, -0.2) is 18.0 Å². The quantitative estimate of drug-likeness (QED) is 0.467. The van der Waals surface area contributed by atoms with Crippen molar-refractivity contribution in [3.63, 3.8) is 0 Å². The highest BCUT2D eigenvalue weighted by atomic mass is 35.5. The van der Waals surface area contributed by atoms with Crippen LogP contribution in [0.5, 0.6) is 0 Å². The highest BCUT2D eigenvalue weighted by Gasteiger charge is 2.29. The zero-order chi connectivity index (χ0) is 13.0. The second-order valence-electron chi connectivity index (χ2n) is 3.05. The van der Waals surface area contributed by atoms with Gasteiger partial charge in [0.1, 0.15) is 0 Å². The minimum atomic E-state index is -1.36. The van der Waals surface area contributed by atoms with Crippen LogP contribution in [0.2, 0.25) is 5.02 Å². The van der Waals surface area contributed by atoms with Crippen molar-refractivity contribution >= 4 is 23.3 Å². The molecule has 0 fully saturated rings. The average molecular weight is 255 g/mol. The lowest BCUT2D eigenvalue weighted by molar-refractivity contribution is -0.385.